The van der Waals surface area contributed by atoms with Crippen LogP contribution in [0.5, 0.6) is 0 Å². The van der Waals surface area contributed by atoms with Gasteiger partial charge in [-0.2, -0.15) is 4.99 Å². The Bertz CT molecular complexity index is 1020. The molecule has 0 saturated heterocycles. The Balaban J connectivity index is 1.79. The molecule has 1 aromatic heterocycles. The number of nitrogens with zero attached hydrogens (tertiary/aromatic N) is 2. The minimum atomic E-state index is -0.482. The van der Waals surface area contributed by atoms with E-state index in [1.54, 1.807) is 0 Å². The summed E-state index contributed by atoms with van der Waals surface area (Å²) >= 11 is 4.48. The number of thiocarbonyl (C=S) groups is 1. The first-order valence-electron chi connectivity index (χ1n) is 8.14. The molecule has 0 atom stereocenters. The quantitative estimate of drug-likeness (QED) is 0.347. The van der Waals surface area contributed by atoms with Gasteiger partial charge in [-0.1, -0.05) is 55.2 Å². The maximum atomic E-state index is 14.0. The number of aryl methyl sites for hydroxylation is 1. The summed E-state index contributed by atoms with van der Waals surface area (Å²) in [7, 11) is 0. The van der Waals surface area contributed by atoms with Gasteiger partial charge in [0.05, 0.1) is 10.7 Å². The van der Waals surface area contributed by atoms with Crippen LogP contribution >= 0.6 is 12.2 Å². The number of hydrogen-bond acceptors (Lipinski definition) is 3. The number of hydrogen-bond donors (Lipinski definition) is 0. The highest BCUT2D eigenvalue weighted by Gasteiger charge is 2.02. The van der Waals surface area contributed by atoms with E-state index < -0.39 is 5.82 Å². The first kappa shape index (κ1) is 17.7. The Morgan fingerprint density at radius 2 is 1.65 bits per heavy atom. The maximum Gasteiger partial charge on any atom is 0.165 e. The molecular formula is C22H15FN2S. The van der Waals surface area contributed by atoms with Crippen LogP contribution in [0, 0.1) is 17.7 Å². The van der Waals surface area contributed by atoms with E-state index in [-0.39, 0.29) is 11.4 Å². The van der Waals surface area contributed by atoms with E-state index in [2.05, 4.69) is 70.4 Å². The van der Waals surface area contributed by atoms with Gasteiger partial charge in [-0.25, -0.2) is 9.37 Å². The molecule has 1 heterocycles. The zero-order chi connectivity index (χ0) is 18.4. The summed E-state index contributed by atoms with van der Waals surface area (Å²) in [6.07, 6.45) is 2.37. The lowest BCUT2D eigenvalue weighted by molar-refractivity contribution is 0.622. The van der Waals surface area contributed by atoms with E-state index >= 15 is 0 Å². The van der Waals surface area contributed by atoms with Crippen molar-refractivity contribution in [2.45, 2.75) is 13.3 Å². The summed E-state index contributed by atoms with van der Waals surface area (Å²) < 4.78 is 14.0. The van der Waals surface area contributed by atoms with Gasteiger partial charge >= 0.3 is 0 Å². The third kappa shape index (κ3) is 4.29. The fourth-order valence-electron chi connectivity index (χ4n) is 2.44. The lowest BCUT2D eigenvalue weighted by Gasteiger charge is -2.03. The third-order valence-electron chi connectivity index (χ3n) is 3.92. The van der Waals surface area contributed by atoms with Crippen molar-refractivity contribution in [3.05, 3.63) is 83.3 Å². The second-order valence-electron chi connectivity index (χ2n) is 5.60. The molecule has 4 heteroatoms. The van der Waals surface area contributed by atoms with Crippen molar-refractivity contribution < 1.29 is 4.39 Å². The second-order valence-corrected chi connectivity index (χ2v) is 5.79. The van der Waals surface area contributed by atoms with E-state index in [4.69, 9.17) is 0 Å². The zero-order valence-electron chi connectivity index (χ0n) is 14.2. The van der Waals surface area contributed by atoms with Gasteiger partial charge in [0, 0.05) is 17.8 Å². The van der Waals surface area contributed by atoms with Crippen LogP contribution in [-0.2, 0) is 6.42 Å². The first-order valence-corrected chi connectivity index (χ1v) is 8.55. The number of aliphatic imine (C=N–C) groups is 1. The molecule has 0 aliphatic carbocycles. The molecular weight excluding hydrogens is 343 g/mol. The normalized spacial score (nSPS) is 9.77. The number of halogens is 1. The Kier molecular flexibility index (Phi) is 5.66. The summed E-state index contributed by atoms with van der Waals surface area (Å²) in [6.45, 7) is 2.14. The average molecular weight is 358 g/mol. The third-order valence-corrected chi connectivity index (χ3v) is 4.01. The van der Waals surface area contributed by atoms with Gasteiger partial charge < -0.3 is 0 Å². The predicted octanol–water partition coefficient (Wildman–Crippen LogP) is 5.58. The van der Waals surface area contributed by atoms with Crippen LogP contribution < -0.4 is 0 Å². The molecule has 0 fully saturated rings. The number of pyridine rings is 1. The van der Waals surface area contributed by atoms with Crippen LogP contribution in [0.25, 0.3) is 11.1 Å². The van der Waals surface area contributed by atoms with Crippen LogP contribution in [0.1, 0.15) is 23.6 Å². The summed E-state index contributed by atoms with van der Waals surface area (Å²) in [5, 5.41) is 2.16. The Hall–Kier alpha value is -3.12. The van der Waals surface area contributed by atoms with Gasteiger partial charge in [-0.3, -0.25) is 0 Å². The molecule has 0 bridgehead atoms. The largest absolute Gasteiger partial charge is 0.235 e. The van der Waals surface area contributed by atoms with Gasteiger partial charge in [-0.05, 0) is 47.5 Å². The van der Waals surface area contributed by atoms with Crippen LogP contribution in [0.4, 0.5) is 10.2 Å². The van der Waals surface area contributed by atoms with Gasteiger partial charge in [0.15, 0.2) is 5.82 Å². The fourth-order valence-corrected chi connectivity index (χ4v) is 2.53. The SMILES string of the molecule is CCc1ccc(-c2ccc(C#Cc3cnc(N=C=S)cc3F)cc2)cc1. The summed E-state index contributed by atoms with van der Waals surface area (Å²) in [5.41, 5.74) is 4.61. The van der Waals surface area contributed by atoms with Gasteiger partial charge in [0.25, 0.3) is 0 Å². The van der Waals surface area contributed by atoms with Crippen LogP contribution in [0.15, 0.2) is 65.8 Å². The van der Waals surface area contributed by atoms with Crippen LogP contribution in [-0.4, -0.2) is 10.1 Å². The topological polar surface area (TPSA) is 25.2 Å². The number of aromatic nitrogens is 1. The Morgan fingerprint density at radius 3 is 2.23 bits per heavy atom. The number of rotatable bonds is 3. The molecule has 0 unspecified atom stereocenters. The summed E-state index contributed by atoms with van der Waals surface area (Å²) in [4.78, 5) is 7.61. The van der Waals surface area contributed by atoms with E-state index in [1.165, 1.54) is 17.8 Å². The Morgan fingerprint density at radius 1 is 1.00 bits per heavy atom. The molecule has 26 heavy (non-hydrogen) atoms. The predicted molar refractivity (Wildman–Crippen MR) is 106 cm³/mol. The fraction of sp³-hybridized carbons (Fsp3) is 0.0909. The van der Waals surface area contributed by atoms with Gasteiger partial charge in [0.2, 0.25) is 0 Å². The van der Waals surface area contributed by atoms with Crippen molar-refractivity contribution in [2.75, 3.05) is 0 Å². The second kappa shape index (κ2) is 8.31. The van der Waals surface area contributed by atoms with Gasteiger partial charge in [0.1, 0.15) is 5.82 Å². The van der Waals surface area contributed by atoms with Crippen molar-refractivity contribution in [3.8, 4) is 23.0 Å². The number of isothiocyanates is 1. The molecule has 3 rings (SSSR count). The zero-order valence-corrected chi connectivity index (χ0v) is 15.0. The molecule has 0 radical (unpaired) electrons. The minimum absolute atomic E-state index is 0.182. The van der Waals surface area contributed by atoms with E-state index in [0.717, 1.165) is 23.1 Å². The van der Waals surface area contributed by atoms with Gasteiger partial charge in [-0.15, -0.1) is 0 Å². The van der Waals surface area contributed by atoms with E-state index in [0.29, 0.717) is 0 Å². The molecule has 0 aliphatic heterocycles. The van der Waals surface area contributed by atoms with Crippen molar-refractivity contribution in [1.82, 2.24) is 4.98 Å². The highest BCUT2D eigenvalue weighted by molar-refractivity contribution is 7.78. The standard InChI is InChI=1S/C22H15FN2S/c1-2-16-3-8-18(9-4-16)19-10-5-17(6-11-19)7-12-20-14-24-22(25-15-26)13-21(20)23/h3-6,8-11,13-14H,2H2,1H3. The molecule has 0 amide bonds. The van der Waals surface area contributed by atoms with Crippen molar-refractivity contribution >= 4 is 23.2 Å². The molecule has 0 aliphatic rings. The molecule has 0 saturated carbocycles. The molecule has 3 aromatic rings. The lowest BCUT2D eigenvalue weighted by atomic mass is 10.0. The van der Waals surface area contributed by atoms with E-state index in [1.807, 2.05) is 24.3 Å². The monoisotopic (exact) mass is 358 g/mol. The average Bonchev–Trinajstić information content (AvgIpc) is 2.68. The maximum absolute atomic E-state index is 14.0. The first-order chi connectivity index (χ1) is 12.7. The molecule has 2 nitrogen and oxygen atoms in total. The van der Waals surface area contributed by atoms with Crippen LogP contribution in [0.2, 0.25) is 0 Å². The minimum Gasteiger partial charge on any atom is -0.235 e. The van der Waals surface area contributed by atoms with E-state index in [9.17, 15) is 4.39 Å². The Labute approximate surface area is 157 Å². The smallest absolute Gasteiger partial charge is 0.165 e. The number of benzene rings is 2. The summed E-state index contributed by atoms with van der Waals surface area (Å²) in [5.74, 6) is 5.45. The van der Waals surface area contributed by atoms with Crippen molar-refractivity contribution in [1.29, 1.82) is 0 Å². The molecule has 126 valence electrons. The highest BCUT2D eigenvalue weighted by Crippen LogP contribution is 2.20. The molecule has 0 spiro atoms. The van der Waals surface area contributed by atoms with Crippen molar-refractivity contribution in [3.63, 3.8) is 0 Å². The summed E-state index contributed by atoms with van der Waals surface area (Å²) in [6, 6.07) is 17.6. The van der Waals surface area contributed by atoms with Crippen molar-refractivity contribution in [2.24, 2.45) is 4.99 Å². The van der Waals surface area contributed by atoms with Crippen LogP contribution in [0.3, 0.4) is 0 Å². The molecule has 2 aromatic carbocycles. The lowest BCUT2D eigenvalue weighted by Crippen LogP contribution is -1.86. The highest BCUT2D eigenvalue weighted by atomic mass is 32.1. The molecule has 0 N–H and O–H groups in total.